The molecule has 0 aliphatic carbocycles. The van der Waals surface area contributed by atoms with E-state index in [1.807, 2.05) is 25.1 Å². The van der Waals surface area contributed by atoms with Crippen molar-refractivity contribution < 1.29 is 9.53 Å². The van der Waals surface area contributed by atoms with Crippen LogP contribution in [0.5, 0.6) is 0 Å². The van der Waals surface area contributed by atoms with Crippen LogP contribution in [-0.2, 0) is 14.9 Å². The molecule has 4 nitrogen and oxygen atoms in total. The molecular weight excluding hydrogens is 419 g/mol. The summed E-state index contributed by atoms with van der Waals surface area (Å²) < 4.78 is 5.41. The SMILES string of the molecule is CCC(=O)C1(c2cccc(Cl)c2)CCN(CCCN2CCOCC2)CC1.Cl.Cl. The summed E-state index contributed by atoms with van der Waals surface area (Å²) in [5.74, 6) is 0.354. The monoisotopic (exact) mass is 450 g/mol. The molecule has 0 bridgehead atoms. The third-order valence-corrected chi connectivity index (χ3v) is 6.23. The highest BCUT2D eigenvalue weighted by atomic mass is 35.5. The summed E-state index contributed by atoms with van der Waals surface area (Å²) in [4.78, 5) is 17.9. The second kappa shape index (κ2) is 12.4. The van der Waals surface area contributed by atoms with Gasteiger partial charge < -0.3 is 9.64 Å². The lowest BCUT2D eigenvalue weighted by Gasteiger charge is -2.41. The van der Waals surface area contributed by atoms with Crippen LogP contribution in [0.25, 0.3) is 0 Å². The number of nitrogens with zero attached hydrogens (tertiary/aromatic N) is 2. The molecule has 28 heavy (non-hydrogen) atoms. The van der Waals surface area contributed by atoms with Crippen LogP contribution < -0.4 is 0 Å². The third kappa shape index (κ3) is 6.32. The zero-order chi connectivity index (χ0) is 18.4. The predicted molar refractivity (Wildman–Crippen MR) is 120 cm³/mol. The van der Waals surface area contributed by atoms with E-state index in [4.69, 9.17) is 16.3 Å². The lowest BCUT2D eigenvalue weighted by atomic mass is 9.69. The molecular formula is C21H33Cl3N2O2. The molecule has 0 saturated carbocycles. The molecule has 0 aromatic heterocycles. The van der Waals surface area contributed by atoms with Crippen LogP contribution in [-0.4, -0.2) is 68.1 Å². The van der Waals surface area contributed by atoms with Gasteiger partial charge in [0, 0.05) is 24.5 Å². The van der Waals surface area contributed by atoms with Crippen molar-refractivity contribution in [1.29, 1.82) is 0 Å². The fraction of sp³-hybridized carbons (Fsp3) is 0.667. The van der Waals surface area contributed by atoms with Gasteiger partial charge in [-0.1, -0.05) is 30.7 Å². The van der Waals surface area contributed by atoms with Crippen LogP contribution in [0.4, 0.5) is 0 Å². The number of rotatable bonds is 7. The van der Waals surface area contributed by atoms with E-state index in [2.05, 4.69) is 15.9 Å². The number of ether oxygens (including phenoxy) is 1. The number of likely N-dealkylation sites (tertiary alicyclic amines) is 1. The number of morpholine rings is 1. The Hall–Kier alpha value is -0.360. The standard InChI is InChI=1S/C21H31ClN2O2.2ClH/c1-2-20(25)21(18-5-3-6-19(22)17-18)7-11-23(12-8-21)9-4-10-24-13-15-26-16-14-24;;/h3,5-6,17H,2,4,7-16H2,1H3;2*1H. The van der Waals surface area contributed by atoms with Crippen molar-refractivity contribution in [2.45, 2.75) is 38.0 Å². The van der Waals surface area contributed by atoms with E-state index in [0.29, 0.717) is 12.2 Å². The minimum absolute atomic E-state index is 0. The van der Waals surface area contributed by atoms with Crippen molar-refractivity contribution in [3.05, 3.63) is 34.9 Å². The van der Waals surface area contributed by atoms with Gasteiger partial charge in [-0.25, -0.2) is 0 Å². The average molecular weight is 452 g/mol. The largest absolute Gasteiger partial charge is 0.379 e. The molecule has 3 rings (SSSR count). The summed E-state index contributed by atoms with van der Waals surface area (Å²) in [6.45, 7) is 10.1. The van der Waals surface area contributed by atoms with Crippen LogP contribution in [0.3, 0.4) is 0 Å². The Morgan fingerprint density at radius 1 is 1.07 bits per heavy atom. The molecule has 0 N–H and O–H groups in total. The van der Waals surface area contributed by atoms with E-state index in [1.165, 1.54) is 6.42 Å². The quantitative estimate of drug-likeness (QED) is 0.621. The van der Waals surface area contributed by atoms with Crippen LogP contribution in [0.15, 0.2) is 24.3 Å². The fourth-order valence-corrected chi connectivity index (χ4v) is 4.54. The van der Waals surface area contributed by atoms with Crippen LogP contribution >= 0.6 is 36.4 Å². The Bertz CT molecular complexity index is 601. The molecule has 0 amide bonds. The first kappa shape index (κ1) is 25.7. The van der Waals surface area contributed by atoms with Gasteiger partial charge in [0.1, 0.15) is 5.78 Å². The predicted octanol–water partition coefficient (Wildman–Crippen LogP) is 4.22. The van der Waals surface area contributed by atoms with E-state index < -0.39 is 0 Å². The number of piperidine rings is 1. The smallest absolute Gasteiger partial charge is 0.143 e. The number of carbonyl (C=O) groups excluding carboxylic acids is 1. The topological polar surface area (TPSA) is 32.8 Å². The third-order valence-electron chi connectivity index (χ3n) is 5.99. The van der Waals surface area contributed by atoms with Gasteiger partial charge in [-0.2, -0.15) is 0 Å². The lowest BCUT2D eigenvalue weighted by Crippen LogP contribution is -2.47. The van der Waals surface area contributed by atoms with E-state index in [9.17, 15) is 4.79 Å². The van der Waals surface area contributed by atoms with Gasteiger partial charge in [-0.15, -0.1) is 24.8 Å². The Kier molecular flexibility index (Phi) is 11.3. The molecule has 0 spiro atoms. The zero-order valence-corrected chi connectivity index (χ0v) is 19.1. The summed E-state index contributed by atoms with van der Waals surface area (Å²) in [6.07, 6.45) is 3.57. The van der Waals surface area contributed by atoms with Gasteiger partial charge >= 0.3 is 0 Å². The lowest BCUT2D eigenvalue weighted by molar-refractivity contribution is -0.126. The van der Waals surface area contributed by atoms with Crippen LogP contribution in [0, 0.1) is 0 Å². The van der Waals surface area contributed by atoms with Crippen molar-refractivity contribution in [2.24, 2.45) is 0 Å². The molecule has 1 aromatic rings. The zero-order valence-electron chi connectivity index (χ0n) is 16.7. The second-order valence-electron chi connectivity index (χ2n) is 7.52. The molecule has 2 heterocycles. The minimum atomic E-state index is -0.347. The molecule has 2 saturated heterocycles. The first-order valence-corrected chi connectivity index (χ1v) is 10.3. The molecule has 2 aliphatic rings. The van der Waals surface area contributed by atoms with Crippen molar-refractivity contribution in [1.82, 2.24) is 9.80 Å². The Labute approximate surface area is 186 Å². The maximum absolute atomic E-state index is 12.8. The van der Waals surface area contributed by atoms with E-state index in [-0.39, 0.29) is 30.2 Å². The maximum Gasteiger partial charge on any atom is 0.143 e. The van der Waals surface area contributed by atoms with E-state index in [0.717, 1.165) is 75.9 Å². The second-order valence-corrected chi connectivity index (χ2v) is 7.95. The normalized spacial score (nSPS) is 20.1. The van der Waals surface area contributed by atoms with Gasteiger partial charge in [0.05, 0.1) is 18.6 Å². The number of hydrogen-bond donors (Lipinski definition) is 0. The molecule has 2 aliphatic heterocycles. The van der Waals surface area contributed by atoms with Gasteiger partial charge in [0.15, 0.2) is 0 Å². The molecule has 0 unspecified atom stereocenters. The highest BCUT2D eigenvalue weighted by molar-refractivity contribution is 6.30. The molecule has 160 valence electrons. The van der Waals surface area contributed by atoms with Gasteiger partial charge in [0.25, 0.3) is 0 Å². The number of hydrogen-bond acceptors (Lipinski definition) is 4. The maximum atomic E-state index is 12.8. The summed E-state index contributed by atoms with van der Waals surface area (Å²) >= 11 is 6.21. The molecule has 2 fully saturated rings. The molecule has 7 heteroatoms. The molecule has 1 aromatic carbocycles. The van der Waals surface area contributed by atoms with Crippen molar-refractivity contribution in [3.8, 4) is 0 Å². The number of Topliss-reactive ketones (excluding diaryl/α,β-unsaturated/α-hetero) is 1. The number of ketones is 1. The summed E-state index contributed by atoms with van der Waals surface area (Å²) in [5.41, 5.74) is 0.755. The Balaban J connectivity index is 0.00000196. The van der Waals surface area contributed by atoms with E-state index >= 15 is 0 Å². The fourth-order valence-electron chi connectivity index (χ4n) is 4.35. The van der Waals surface area contributed by atoms with Crippen LogP contribution in [0.2, 0.25) is 5.02 Å². The number of carbonyl (C=O) groups is 1. The van der Waals surface area contributed by atoms with Crippen molar-refractivity contribution in [2.75, 3.05) is 52.5 Å². The average Bonchev–Trinajstić information content (AvgIpc) is 2.69. The molecule has 0 atom stereocenters. The van der Waals surface area contributed by atoms with Gasteiger partial charge in [-0.3, -0.25) is 9.69 Å². The Morgan fingerprint density at radius 2 is 1.68 bits per heavy atom. The first-order chi connectivity index (χ1) is 12.6. The van der Waals surface area contributed by atoms with Crippen molar-refractivity contribution in [3.63, 3.8) is 0 Å². The number of benzene rings is 1. The van der Waals surface area contributed by atoms with Crippen molar-refractivity contribution >= 4 is 42.2 Å². The molecule has 0 radical (unpaired) electrons. The Morgan fingerprint density at radius 3 is 2.25 bits per heavy atom. The summed E-state index contributed by atoms with van der Waals surface area (Å²) in [7, 11) is 0. The number of halogens is 3. The first-order valence-electron chi connectivity index (χ1n) is 9.96. The van der Waals surface area contributed by atoms with Gasteiger partial charge in [-0.05, 0) is 63.1 Å². The van der Waals surface area contributed by atoms with Gasteiger partial charge in [0.2, 0.25) is 0 Å². The highest BCUT2D eigenvalue weighted by Gasteiger charge is 2.41. The van der Waals surface area contributed by atoms with Crippen LogP contribution in [0.1, 0.15) is 38.2 Å². The summed E-state index contributed by atoms with van der Waals surface area (Å²) in [6, 6.07) is 7.92. The van der Waals surface area contributed by atoms with E-state index in [1.54, 1.807) is 0 Å². The minimum Gasteiger partial charge on any atom is -0.379 e. The summed E-state index contributed by atoms with van der Waals surface area (Å²) in [5, 5.41) is 0.721. The highest BCUT2D eigenvalue weighted by Crippen LogP contribution is 2.38.